The molecule has 1 unspecified atom stereocenters. The first kappa shape index (κ1) is 16.3. The summed E-state index contributed by atoms with van der Waals surface area (Å²) in [7, 11) is -1.89. The van der Waals surface area contributed by atoms with Gasteiger partial charge in [-0.1, -0.05) is 13.8 Å². The number of methoxy groups -OCH3 is 1. The number of benzene rings is 1. The molecule has 0 aromatic heterocycles. The van der Waals surface area contributed by atoms with Crippen LogP contribution in [0.2, 0.25) is 0 Å². The number of nitrogens with zero attached hydrogens (tertiary/aromatic N) is 1. The smallest absolute Gasteiger partial charge is 0.243 e. The van der Waals surface area contributed by atoms with Gasteiger partial charge >= 0.3 is 0 Å². The maximum Gasteiger partial charge on any atom is 0.243 e. The Hall–Kier alpha value is -1.11. The maximum atomic E-state index is 12.9. The Morgan fingerprint density at radius 3 is 2.57 bits per heavy atom. The van der Waals surface area contributed by atoms with Crippen molar-refractivity contribution < 1.29 is 13.2 Å². The van der Waals surface area contributed by atoms with Crippen LogP contribution in [-0.2, 0) is 27.6 Å². The van der Waals surface area contributed by atoms with Crippen molar-refractivity contribution in [2.75, 3.05) is 25.9 Å². The summed E-state index contributed by atoms with van der Waals surface area (Å²) in [6.07, 6.45) is 2.08. The molecule has 1 saturated heterocycles. The van der Waals surface area contributed by atoms with E-state index in [0.29, 0.717) is 35.7 Å². The zero-order chi connectivity index (χ0) is 15.6. The van der Waals surface area contributed by atoms with Crippen LogP contribution in [0.3, 0.4) is 0 Å². The fourth-order valence-electron chi connectivity index (χ4n) is 2.79. The average Bonchev–Trinajstić information content (AvgIpc) is 2.96. The molecule has 0 radical (unpaired) electrons. The van der Waals surface area contributed by atoms with Crippen LogP contribution in [0.4, 0.5) is 5.69 Å². The van der Waals surface area contributed by atoms with E-state index in [-0.39, 0.29) is 6.10 Å². The van der Waals surface area contributed by atoms with E-state index in [1.54, 1.807) is 13.2 Å². The van der Waals surface area contributed by atoms with Gasteiger partial charge in [-0.05, 0) is 42.5 Å². The fraction of sp³-hybridized carbons (Fsp3) is 0.600. The maximum absolute atomic E-state index is 12.9. The van der Waals surface area contributed by atoms with Crippen LogP contribution in [-0.4, -0.2) is 39.0 Å². The number of nitrogens with two attached hydrogens (primary N) is 1. The summed E-state index contributed by atoms with van der Waals surface area (Å²) in [5.74, 6) is 0. The van der Waals surface area contributed by atoms with E-state index in [2.05, 4.69) is 0 Å². The summed E-state index contributed by atoms with van der Waals surface area (Å²) >= 11 is 0. The van der Waals surface area contributed by atoms with Gasteiger partial charge in [0.1, 0.15) is 0 Å². The molecule has 1 aromatic carbocycles. The molecular weight excluding hydrogens is 288 g/mol. The monoisotopic (exact) mass is 312 g/mol. The lowest BCUT2D eigenvalue weighted by Crippen LogP contribution is -2.31. The third kappa shape index (κ3) is 3.07. The molecule has 0 saturated carbocycles. The molecule has 5 nitrogen and oxygen atoms in total. The fourth-order valence-corrected chi connectivity index (χ4v) is 4.65. The Kier molecular flexibility index (Phi) is 4.91. The second-order valence-corrected chi connectivity index (χ2v) is 7.28. The van der Waals surface area contributed by atoms with Gasteiger partial charge in [0.05, 0.1) is 11.0 Å². The second kappa shape index (κ2) is 6.34. The lowest BCUT2D eigenvalue weighted by molar-refractivity contribution is 0.115. The predicted molar refractivity (Wildman–Crippen MR) is 83.8 cm³/mol. The Balaban J connectivity index is 2.46. The van der Waals surface area contributed by atoms with Crippen molar-refractivity contribution in [1.82, 2.24) is 4.31 Å². The number of hydrogen-bond donors (Lipinski definition) is 1. The minimum atomic E-state index is -3.51. The van der Waals surface area contributed by atoms with Gasteiger partial charge in [0.15, 0.2) is 0 Å². The number of sulfonamides is 1. The number of rotatable bonds is 5. The Morgan fingerprint density at radius 1 is 1.33 bits per heavy atom. The Bertz CT molecular complexity index is 614. The van der Waals surface area contributed by atoms with Gasteiger partial charge in [-0.3, -0.25) is 0 Å². The molecule has 0 amide bonds. The Labute approximate surface area is 127 Å². The van der Waals surface area contributed by atoms with E-state index in [1.165, 1.54) is 4.31 Å². The minimum Gasteiger partial charge on any atom is -0.398 e. The van der Waals surface area contributed by atoms with Gasteiger partial charge < -0.3 is 10.5 Å². The number of ether oxygens (including phenoxy) is 1. The second-order valence-electron chi connectivity index (χ2n) is 5.38. The van der Waals surface area contributed by atoms with Gasteiger partial charge in [-0.2, -0.15) is 4.31 Å². The van der Waals surface area contributed by atoms with Crippen molar-refractivity contribution in [3.63, 3.8) is 0 Å². The highest BCUT2D eigenvalue weighted by molar-refractivity contribution is 7.89. The molecule has 1 fully saturated rings. The first-order valence-corrected chi connectivity index (χ1v) is 8.82. The van der Waals surface area contributed by atoms with E-state index in [9.17, 15) is 8.42 Å². The Morgan fingerprint density at radius 2 is 2.05 bits per heavy atom. The number of nitrogen functional groups attached to an aromatic ring is 1. The van der Waals surface area contributed by atoms with Crippen molar-refractivity contribution in [2.24, 2.45) is 0 Å². The number of aryl methyl sites for hydroxylation is 1. The molecule has 6 heteroatoms. The zero-order valence-corrected chi connectivity index (χ0v) is 13.7. The van der Waals surface area contributed by atoms with Crippen LogP contribution in [0, 0.1) is 0 Å². The van der Waals surface area contributed by atoms with E-state index >= 15 is 0 Å². The van der Waals surface area contributed by atoms with E-state index < -0.39 is 10.0 Å². The molecule has 1 atom stereocenters. The molecule has 0 aliphatic carbocycles. The normalized spacial score (nSPS) is 20.0. The van der Waals surface area contributed by atoms with Gasteiger partial charge in [-0.25, -0.2) is 8.42 Å². The molecule has 1 heterocycles. The third-order valence-corrected chi connectivity index (χ3v) is 6.06. The molecule has 2 N–H and O–H groups in total. The molecular formula is C15H24N2O3S. The quantitative estimate of drug-likeness (QED) is 0.842. The topological polar surface area (TPSA) is 72.6 Å². The molecule has 2 rings (SSSR count). The SMILES string of the molecule is CCc1cc(N)c(CC)c(S(=O)(=O)N2CCC(OC)C2)c1. The van der Waals surface area contributed by atoms with Crippen LogP contribution in [0.1, 0.15) is 31.4 Å². The predicted octanol–water partition coefficient (Wildman–Crippen LogP) is 1.80. The molecule has 118 valence electrons. The molecule has 1 aliphatic heterocycles. The van der Waals surface area contributed by atoms with Crippen LogP contribution < -0.4 is 5.73 Å². The van der Waals surface area contributed by atoms with Crippen molar-refractivity contribution in [3.8, 4) is 0 Å². The number of anilines is 1. The highest BCUT2D eigenvalue weighted by atomic mass is 32.2. The summed E-state index contributed by atoms with van der Waals surface area (Å²) in [4.78, 5) is 0.360. The highest BCUT2D eigenvalue weighted by Gasteiger charge is 2.34. The van der Waals surface area contributed by atoms with Crippen molar-refractivity contribution >= 4 is 15.7 Å². The van der Waals surface area contributed by atoms with Crippen LogP contribution in [0.5, 0.6) is 0 Å². The van der Waals surface area contributed by atoms with E-state index in [1.807, 2.05) is 19.9 Å². The van der Waals surface area contributed by atoms with Crippen LogP contribution in [0.15, 0.2) is 17.0 Å². The molecule has 1 aromatic rings. The summed E-state index contributed by atoms with van der Waals surface area (Å²) < 4.78 is 32.6. The summed E-state index contributed by atoms with van der Waals surface area (Å²) in [6.45, 7) is 4.84. The van der Waals surface area contributed by atoms with Crippen LogP contribution >= 0.6 is 0 Å². The van der Waals surface area contributed by atoms with Gasteiger partial charge in [0.2, 0.25) is 10.0 Å². The van der Waals surface area contributed by atoms with Gasteiger partial charge in [0.25, 0.3) is 0 Å². The third-order valence-electron chi connectivity index (χ3n) is 4.12. The molecule has 0 spiro atoms. The van der Waals surface area contributed by atoms with Gasteiger partial charge in [0, 0.05) is 25.9 Å². The largest absolute Gasteiger partial charge is 0.398 e. The van der Waals surface area contributed by atoms with Gasteiger partial charge in [-0.15, -0.1) is 0 Å². The standard InChI is InChI=1S/C15H24N2O3S/c1-4-11-8-14(16)13(5-2)15(9-11)21(18,19)17-7-6-12(10-17)20-3/h8-9,12H,4-7,10,16H2,1-3H3. The van der Waals surface area contributed by atoms with E-state index in [0.717, 1.165) is 18.4 Å². The molecule has 1 aliphatic rings. The first-order chi connectivity index (χ1) is 9.93. The average molecular weight is 312 g/mol. The molecule has 21 heavy (non-hydrogen) atoms. The lowest BCUT2D eigenvalue weighted by Gasteiger charge is -2.20. The number of hydrogen-bond acceptors (Lipinski definition) is 4. The van der Waals surface area contributed by atoms with Crippen molar-refractivity contribution in [3.05, 3.63) is 23.3 Å². The zero-order valence-electron chi connectivity index (χ0n) is 12.9. The summed E-state index contributed by atoms with van der Waals surface area (Å²) in [5, 5.41) is 0. The van der Waals surface area contributed by atoms with Crippen LogP contribution in [0.25, 0.3) is 0 Å². The lowest BCUT2D eigenvalue weighted by atomic mass is 10.1. The first-order valence-electron chi connectivity index (χ1n) is 7.38. The minimum absolute atomic E-state index is 0.0171. The van der Waals surface area contributed by atoms with Crippen molar-refractivity contribution in [1.29, 1.82) is 0 Å². The molecule has 0 bridgehead atoms. The highest BCUT2D eigenvalue weighted by Crippen LogP contribution is 2.30. The summed E-state index contributed by atoms with van der Waals surface area (Å²) in [6, 6.07) is 3.64. The summed E-state index contributed by atoms with van der Waals surface area (Å²) in [5.41, 5.74) is 8.28. The van der Waals surface area contributed by atoms with Crippen molar-refractivity contribution in [2.45, 2.75) is 44.1 Å². The van der Waals surface area contributed by atoms with E-state index in [4.69, 9.17) is 10.5 Å².